The van der Waals surface area contributed by atoms with Crippen molar-refractivity contribution in [1.29, 1.82) is 0 Å². The van der Waals surface area contributed by atoms with Crippen LogP contribution in [0.15, 0.2) is 72.8 Å². The van der Waals surface area contributed by atoms with Gasteiger partial charge in [-0.25, -0.2) is 0 Å². The average Bonchev–Trinajstić information content (AvgIpc) is 0.995. The van der Waals surface area contributed by atoms with Gasteiger partial charge in [0.05, 0.1) is 72.0 Å². The number of carboxylic acid groups (broad SMARTS) is 10. The second-order valence-electron chi connectivity index (χ2n) is 33.6. The molecule has 6 rings (SSSR count). The monoisotopic (exact) mass is 1630 g/mol. The van der Waals surface area contributed by atoms with E-state index in [4.69, 9.17) is 0 Å². The molecule has 116 heavy (non-hydrogen) atoms. The van der Waals surface area contributed by atoms with Gasteiger partial charge in [0.1, 0.15) is 5.78 Å². The number of aliphatic carboxylic acids is 10. The topological polar surface area (TPSA) is 462 Å². The summed E-state index contributed by atoms with van der Waals surface area (Å²) in [5.74, 6) is -10.1. The van der Waals surface area contributed by atoms with Crippen molar-refractivity contribution in [3.63, 3.8) is 0 Å². The fourth-order valence-corrected chi connectivity index (χ4v) is 14.1. The summed E-state index contributed by atoms with van der Waals surface area (Å²) >= 11 is 0. The molecule has 3 aliphatic heterocycles. The minimum atomic E-state index is -1.16. The molecule has 3 atom stereocenters. The summed E-state index contributed by atoms with van der Waals surface area (Å²) in [5, 5.41) is 104. The quantitative estimate of drug-likeness (QED) is 0.0389. The Labute approximate surface area is 681 Å². The van der Waals surface area contributed by atoms with E-state index in [0.717, 1.165) is 41.8 Å². The summed E-state index contributed by atoms with van der Waals surface area (Å²) in [5.41, 5.74) is 5.96. The van der Waals surface area contributed by atoms with Gasteiger partial charge >= 0.3 is 59.7 Å². The van der Waals surface area contributed by atoms with E-state index in [1.54, 1.807) is 24.5 Å². The second-order valence-corrected chi connectivity index (χ2v) is 33.6. The number of hydrogen-bond donors (Lipinski definition) is 13. The van der Waals surface area contributed by atoms with Crippen LogP contribution >= 0.6 is 0 Å². The fraction of sp³-hybridized carbons (Fsp3) is 0.642. The number of hydrogen-bond acceptors (Lipinski definition) is 25. The lowest BCUT2D eigenvalue weighted by atomic mass is 9.88. The van der Waals surface area contributed by atoms with Crippen LogP contribution in [0.4, 0.5) is 11.4 Å². The van der Waals surface area contributed by atoms with Gasteiger partial charge in [0.15, 0.2) is 0 Å². The van der Waals surface area contributed by atoms with E-state index in [-0.39, 0.29) is 99.8 Å². The lowest BCUT2D eigenvalue weighted by Crippen LogP contribution is -2.50. The van der Waals surface area contributed by atoms with Gasteiger partial charge in [-0.3, -0.25) is 112 Å². The number of ketones is 1. The minimum Gasteiger partial charge on any atom is -0.480 e. The maximum atomic E-state index is 12.1. The molecule has 3 fully saturated rings. The standard InChI is InChI=1S/C31H50N4O7.C26H41N5O8.C24H39N5O6/c1-24(36)19-35(23-30(41)42)27(7-5-6-25-8-10-26(11-9-25)18-31(2,3)4)20-32-12-14-33(21-28(37)38)16-17-34(15-13-32)22-29(39)40;1-26(2,3)27-20-6-4-19(5-7-20)21(31(17-24(36)37)18-25(38)39)14-28-8-10-29(15-22(32)33)12-13-30(11-9-28)16-23(34)35;1-24(2,3)26-19-6-4-18(5-7-19)20(25-14-21(30)31)15-27-8-10-28(16-22(32)33)12-13-29(11-9-27)17-23(34)35/h8-11,27H,5-7,12-23H2,1-4H3,(H,37,38)(H,39,40)(H,41,42);4-7,21,27H,8-18H2,1-3H3,(H,32,33)(H,34,35)(H,36,37)(H,38,39);4-7,20,25-26H,8-17H2,1-3H3,(H,30,31)(H,32,33)(H,34,35). The van der Waals surface area contributed by atoms with Gasteiger partial charge in [-0.2, -0.15) is 0 Å². The number of rotatable bonds is 40. The van der Waals surface area contributed by atoms with Crippen LogP contribution in [0, 0.1) is 5.41 Å². The first-order chi connectivity index (χ1) is 54.3. The molecule has 3 saturated heterocycles. The van der Waals surface area contributed by atoms with Crippen molar-refractivity contribution in [3.8, 4) is 0 Å². The number of carbonyl (C=O) groups excluding carboxylic acids is 1. The molecule has 3 aromatic carbocycles. The Kier molecular flexibility index (Phi) is 42.9. The predicted molar refractivity (Wildman–Crippen MR) is 438 cm³/mol. The zero-order chi connectivity index (χ0) is 86.5. The van der Waals surface area contributed by atoms with E-state index in [1.807, 2.05) is 84.0 Å². The molecule has 0 aromatic heterocycles. The Balaban J connectivity index is 0.000000368. The number of carboxylic acids is 10. The summed E-state index contributed by atoms with van der Waals surface area (Å²) in [4.78, 5) is 147. The lowest BCUT2D eigenvalue weighted by Gasteiger charge is -2.35. The zero-order valence-corrected chi connectivity index (χ0v) is 69.5. The van der Waals surface area contributed by atoms with Crippen LogP contribution in [0.3, 0.4) is 0 Å². The number of benzene rings is 3. The minimum absolute atomic E-state index is 0.0303. The third kappa shape index (κ3) is 44.5. The Morgan fingerprint density at radius 3 is 0.957 bits per heavy atom. The summed E-state index contributed by atoms with van der Waals surface area (Å²) in [6.45, 7) is 28.0. The normalized spacial score (nSPS) is 17.2. The van der Waals surface area contributed by atoms with Crippen molar-refractivity contribution in [2.24, 2.45) is 5.41 Å². The molecule has 0 spiro atoms. The predicted octanol–water partition coefficient (Wildman–Crippen LogP) is 3.23. The largest absolute Gasteiger partial charge is 0.480 e. The van der Waals surface area contributed by atoms with Crippen LogP contribution < -0.4 is 16.0 Å². The molecule has 3 aliphatic rings. The van der Waals surface area contributed by atoms with Crippen molar-refractivity contribution in [3.05, 3.63) is 95.1 Å². The molecule has 650 valence electrons. The Morgan fingerprint density at radius 1 is 0.353 bits per heavy atom. The van der Waals surface area contributed by atoms with Crippen LogP contribution in [-0.4, -0.2) is 397 Å². The summed E-state index contributed by atoms with van der Waals surface area (Å²) in [6, 6.07) is 22.9. The molecular weight excluding hydrogens is 1500 g/mol. The van der Waals surface area contributed by atoms with E-state index in [1.165, 1.54) is 23.0 Å². The summed E-state index contributed by atoms with van der Waals surface area (Å²) in [7, 11) is 0. The van der Waals surface area contributed by atoms with Crippen LogP contribution in [0.5, 0.6) is 0 Å². The molecule has 0 bridgehead atoms. The fourth-order valence-electron chi connectivity index (χ4n) is 14.1. The highest BCUT2D eigenvalue weighted by Gasteiger charge is 2.32. The summed E-state index contributed by atoms with van der Waals surface area (Å²) in [6.07, 6.45) is 3.31. The van der Waals surface area contributed by atoms with E-state index in [2.05, 4.69) is 91.6 Å². The van der Waals surface area contributed by atoms with Gasteiger partial charge in [-0.05, 0) is 126 Å². The molecule has 3 aromatic rings. The summed E-state index contributed by atoms with van der Waals surface area (Å²) < 4.78 is 0. The van der Waals surface area contributed by atoms with E-state index < -0.39 is 78.8 Å². The highest BCUT2D eigenvalue weighted by molar-refractivity contribution is 5.79. The van der Waals surface area contributed by atoms with Crippen molar-refractivity contribution in [2.75, 3.05) is 220 Å². The Bertz CT molecular complexity index is 3460. The van der Waals surface area contributed by atoms with Crippen LogP contribution in [0.1, 0.15) is 116 Å². The Hall–Kier alpha value is -8.85. The highest BCUT2D eigenvalue weighted by atomic mass is 16.4. The molecule has 3 heterocycles. The first-order valence-corrected chi connectivity index (χ1v) is 39.6. The van der Waals surface area contributed by atoms with Gasteiger partial charge in [0.25, 0.3) is 0 Å². The molecule has 0 saturated carbocycles. The van der Waals surface area contributed by atoms with Gasteiger partial charge in [-0.15, -0.1) is 0 Å². The second kappa shape index (κ2) is 50.0. The smallest absolute Gasteiger partial charge is 0.317 e. The van der Waals surface area contributed by atoms with Crippen LogP contribution in [0.2, 0.25) is 0 Å². The van der Waals surface area contributed by atoms with Crippen molar-refractivity contribution in [1.82, 2.24) is 59.2 Å². The maximum absolute atomic E-state index is 12.1. The molecule has 0 aliphatic carbocycles. The van der Waals surface area contributed by atoms with Gasteiger partial charge < -0.3 is 61.7 Å². The van der Waals surface area contributed by atoms with Gasteiger partial charge in [0.2, 0.25) is 0 Å². The van der Waals surface area contributed by atoms with Crippen molar-refractivity contribution in [2.45, 2.75) is 124 Å². The maximum Gasteiger partial charge on any atom is 0.317 e. The molecule has 35 nitrogen and oxygen atoms in total. The lowest BCUT2D eigenvalue weighted by molar-refractivity contribution is -0.144. The number of anilines is 2. The Morgan fingerprint density at radius 2 is 0.655 bits per heavy atom. The average molecular weight is 1640 g/mol. The van der Waals surface area contributed by atoms with E-state index in [9.17, 15) is 104 Å². The number of aryl methyl sites for hydroxylation is 1. The first kappa shape index (κ1) is 99.5. The van der Waals surface area contributed by atoms with Gasteiger partial charge in [-0.1, -0.05) is 69.3 Å². The van der Waals surface area contributed by atoms with Crippen molar-refractivity contribution < 1.29 is 104 Å². The number of nitrogens with zero attached hydrogens (tertiary/aromatic N) is 11. The third-order valence-corrected chi connectivity index (χ3v) is 19.4. The third-order valence-electron chi connectivity index (χ3n) is 19.4. The van der Waals surface area contributed by atoms with Crippen molar-refractivity contribution >= 4 is 76.9 Å². The molecule has 35 heteroatoms. The molecule has 3 unspecified atom stereocenters. The molecular formula is C81H130N14O21. The highest BCUT2D eigenvalue weighted by Crippen LogP contribution is 2.27. The van der Waals surface area contributed by atoms with E-state index >= 15 is 0 Å². The van der Waals surface area contributed by atoms with Crippen LogP contribution in [0.25, 0.3) is 0 Å². The van der Waals surface area contributed by atoms with Gasteiger partial charge in [0, 0.05) is 178 Å². The first-order valence-electron chi connectivity index (χ1n) is 39.6. The molecule has 0 amide bonds. The SMILES string of the molecule is CC(=O)CN(CC(=O)O)C(CCCc1ccc(CC(C)(C)C)cc1)CN1CCN(CC(=O)O)CCN(CC(=O)O)CC1.CC(C)(C)Nc1ccc(C(CN2CCN(CC(=O)O)CCN(CC(=O)O)CC2)N(CC(=O)O)CC(=O)O)cc1.CC(C)(C)Nc1ccc(C(CN2CCN(CC(=O)O)CCN(CC(=O)O)CC2)NCC(=O)O)cc1. The van der Waals surface area contributed by atoms with E-state index in [0.29, 0.717) is 137 Å². The molecule has 13 N–H and O–H groups in total. The number of carbonyl (C=O) groups is 11. The number of Topliss-reactive ketones (excluding diaryl/α,β-unsaturated/α-hetero) is 1. The van der Waals surface area contributed by atoms with Crippen LogP contribution in [-0.2, 0) is 65.6 Å². The number of nitrogens with one attached hydrogen (secondary N) is 3. The molecule has 0 radical (unpaired) electrons. The zero-order valence-electron chi connectivity index (χ0n) is 69.5.